The summed E-state index contributed by atoms with van der Waals surface area (Å²) in [4.78, 5) is 11.2. The van der Waals surface area contributed by atoms with Crippen molar-refractivity contribution < 1.29 is 13.2 Å². The second-order valence-electron chi connectivity index (χ2n) is 3.17. The van der Waals surface area contributed by atoms with Gasteiger partial charge in [0.2, 0.25) is 5.91 Å². The molecule has 1 aliphatic carbocycles. The molecule has 1 unspecified atom stereocenters. The van der Waals surface area contributed by atoms with Gasteiger partial charge in [0.25, 0.3) is 10.2 Å². The van der Waals surface area contributed by atoms with Crippen LogP contribution in [0.15, 0.2) is 0 Å². The molecule has 0 aromatic heterocycles. The summed E-state index contributed by atoms with van der Waals surface area (Å²) in [7, 11) is -3.79. The van der Waals surface area contributed by atoms with Crippen molar-refractivity contribution in [2.24, 2.45) is 5.14 Å². The van der Waals surface area contributed by atoms with Gasteiger partial charge in [0.15, 0.2) is 0 Å². The minimum absolute atomic E-state index is 0.220. The van der Waals surface area contributed by atoms with E-state index < -0.39 is 16.3 Å². The first-order valence-corrected chi connectivity index (χ1v) is 5.53. The van der Waals surface area contributed by atoms with Crippen LogP contribution < -0.4 is 15.2 Å². The normalized spacial score (nSPS) is 19.5. The summed E-state index contributed by atoms with van der Waals surface area (Å²) in [5, 5.41) is 7.36. The Hall–Kier alpha value is -0.660. The zero-order valence-electron chi connectivity index (χ0n) is 7.28. The van der Waals surface area contributed by atoms with Crippen molar-refractivity contribution >= 4 is 16.1 Å². The average Bonchev–Trinajstić information content (AvgIpc) is 2.67. The Morgan fingerprint density at radius 1 is 1.54 bits per heavy atom. The number of rotatable bonds is 4. The van der Waals surface area contributed by atoms with Gasteiger partial charge < -0.3 is 5.32 Å². The van der Waals surface area contributed by atoms with E-state index in [4.69, 9.17) is 5.14 Å². The molecule has 76 valence electrons. The largest absolute Gasteiger partial charge is 0.352 e. The number of nitrogens with one attached hydrogen (secondary N) is 2. The monoisotopic (exact) mass is 207 g/mol. The Morgan fingerprint density at radius 3 is 2.46 bits per heavy atom. The topological polar surface area (TPSA) is 101 Å². The van der Waals surface area contributed by atoms with Gasteiger partial charge in [0, 0.05) is 6.04 Å². The van der Waals surface area contributed by atoms with Crippen molar-refractivity contribution in [1.82, 2.24) is 10.0 Å². The average molecular weight is 207 g/mol. The third-order valence-electron chi connectivity index (χ3n) is 1.66. The van der Waals surface area contributed by atoms with Crippen LogP contribution in [0, 0.1) is 0 Å². The van der Waals surface area contributed by atoms with Crippen LogP contribution in [-0.4, -0.2) is 26.4 Å². The fraction of sp³-hybridized carbons (Fsp3) is 0.833. The highest BCUT2D eigenvalue weighted by atomic mass is 32.2. The lowest BCUT2D eigenvalue weighted by atomic mass is 10.3. The van der Waals surface area contributed by atoms with Crippen molar-refractivity contribution in [2.45, 2.75) is 31.8 Å². The summed E-state index contributed by atoms with van der Waals surface area (Å²) in [6.07, 6.45) is 1.93. The van der Waals surface area contributed by atoms with E-state index in [1.807, 2.05) is 4.72 Å². The molecule has 0 heterocycles. The van der Waals surface area contributed by atoms with Crippen LogP contribution in [0.5, 0.6) is 0 Å². The number of nitrogens with two attached hydrogens (primary N) is 1. The first kappa shape index (κ1) is 10.4. The first-order valence-electron chi connectivity index (χ1n) is 3.99. The van der Waals surface area contributed by atoms with Crippen molar-refractivity contribution in [3.8, 4) is 0 Å². The highest BCUT2D eigenvalue weighted by molar-refractivity contribution is 7.87. The molecule has 6 nitrogen and oxygen atoms in total. The zero-order valence-corrected chi connectivity index (χ0v) is 8.10. The van der Waals surface area contributed by atoms with Gasteiger partial charge in [0.05, 0.1) is 6.04 Å². The van der Waals surface area contributed by atoms with Crippen molar-refractivity contribution in [1.29, 1.82) is 0 Å². The maximum Gasteiger partial charge on any atom is 0.275 e. The first-order chi connectivity index (χ1) is 5.88. The molecule has 0 saturated heterocycles. The second-order valence-corrected chi connectivity index (χ2v) is 4.49. The lowest BCUT2D eigenvalue weighted by Gasteiger charge is -2.11. The molecule has 0 bridgehead atoms. The van der Waals surface area contributed by atoms with E-state index in [1.165, 1.54) is 6.92 Å². The molecule has 0 spiro atoms. The van der Waals surface area contributed by atoms with Gasteiger partial charge in [-0.15, -0.1) is 0 Å². The predicted octanol–water partition coefficient (Wildman–Crippen LogP) is -1.55. The van der Waals surface area contributed by atoms with Crippen LogP contribution >= 0.6 is 0 Å². The van der Waals surface area contributed by atoms with Gasteiger partial charge in [0.1, 0.15) is 0 Å². The second kappa shape index (κ2) is 3.60. The summed E-state index contributed by atoms with van der Waals surface area (Å²) in [5.74, 6) is -0.337. The number of amides is 1. The third-order valence-corrected chi connectivity index (χ3v) is 2.34. The molecule has 0 aromatic rings. The van der Waals surface area contributed by atoms with Gasteiger partial charge in [-0.05, 0) is 19.8 Å². The van der Waals surface area contributed by atoms with E-state index in [2.05, 4.69) is 5.32 Å². The molecule has 0 aliphatic heterocycles. The van der Waals surface area contributed by atoms with E-state index >= 15 is 0 Å². The Bertz CT molecular complexity index is 296. The molecule has 1 aliphatic rings. The summed E-state index contributed by atoms with van der Waals surface area (Å²) >= 11 is 0. The van der Waals surface area contributed by atoms with Crippen molar-refractivity contribution in [3.63, 3.8) is 0 Å². The Balaban J connectivity index is 2.37. The minimum Gasteiger partial charge on any atom is -0.352 e. The van der Waals surface area contributed by atoms with Crippen LogP contribution in [0.2, 0.25) is 0 Å². The molecule has 1 amide bonds. The third kappa shape index (κ3) is 4.20. The molecule has 1 fully saturated rings. The van der Waals surface area contributed by atoms with Crippen LogP contribution in [0.1, 0.15) is 19.8 Å². The molecular formula is C6H13N3O3S. The van der Waals surface area contributed by atoms with Crippen molar-refractivity contribution in [3.05, 3.63) is 0 Å². The fourth-order valence-corrected chi connectivity index (χ4v) is 1.45. The van der Waals surface area contributed by atoms with E-state index in [0.717, 1.165) is 12.8 Å². The van der Waals surface area contributed by atoms with Gasteiger partial charge in [-0.2, -0.15) is 13.1 Å². The van der Waals surface area contributed by atoms with Gasteiger partial charge >= 0.3 is 0 Å². The van der Waals surface area contributed by atoms with Crippen molar-refractivity contribution in [2.75, 3.05) is 0 Å². The highest BCUT2D eigenvalue weighted by Gasteiger charge is 2.26. The lowest BCUT2D eigenvalue weighted by molar-refractivity contribution is -0.122. The molecule has 1 saturated carbocycles. The van der Waals surface area contributed by atoms with Crippen LogP contribution in [0.4, 0.5) is 0 Å². The fourth-order valence-electron chi connectivity index (χ4n) is 0.854. The van der Waals surface area contributed by atoms with E-state index in [0.29, 0.717) is 0 Å². The Labute approximate surface area is 77.1 Å². The maximum atomic E-state index is 11.2. The summed E-state index contributed by atoms with van der Waals surface area (Å²) in [6, 6.07) is -0.590. The summed E-state index contributed by atoms with van der Waals surface area (Å²) < 4.78 is 23.1. The van der Waals surface area contributed by atoms with Gasteiger partial charge in [-0.25, -0.2) is 5.14 Å². The molecule has 1 rings (SSSR count). The van der Waals surface area contributed by atoms with E-state index in [9.17, 15) is 13.2 Å². The van der Waals surface area contributed by atoms with Crippen LogP contribution in [-0.2, 0) is 15.0 Å². The smallest absolute Gasteiger partial charge is 0.275 e. The van der Waals surface area contributed by atoms with E-state index in [-0.39, 0.29) is 11.9 Å². The molecular weight excluding hydrogens is 194 g/mol. The number of hydrogen-bond acceptors (Lipinski definition) is 3. The molecule has 0 aromatic carbocycles. The maximum absolute atomic E-state index is 11.2. The summed E-state index contributed by atoms with van der Waals surface area (Å²) in [5.41, 5.74) is 0. The van der Waals surface area contributed by atoms with E-state index in [1.54, 1.807) is 0 Å². The molecule has 1 atom stereocenters. The lowest BCUT2D eigenvalue weighted by Crippen LogP contribution is -2.47. The number of carbonyl (C=O) groups is 1. The van der Waals surface area contributed by atoms with Gasteiger partial charge in [-0.1, -0.05) is 0 Å². The standard InChI is InChI=1S/C6H13N3O3S/c1-4(9-13(7,11)12)6(10)8-5-2-3-5/h4-5,9H,2-3H2,1H3,(H,8,10)(H2,7,11,12). The molecule has 4 N–H and O–H groups in total. The molecule has 0 radical (unpaired) electrons. The quantitative estimate of drug-likeness (QED) is 0.520. The number of carbonyl (C=O) groups excluding carboxylic acids is 1. The van der Waals surface area contributed by atoms with Gasteiger partial charge in [-0.3, -0.25) is 4.79 Å². The Morgan fingerprint density at radius 2 is 2.08 bits per heavy atom. The van der Waals surface area contributed by atoms with Crippen LogP contribution in [0.25, 0.3) is 0 Å². The molecule has 13 heavy (non-hydrogen) atoms. The SMILES string of the molecule is CC(NS(N)(=O)=O)C(=O)NC1CC1. The highest BCUT2D eigenvalue weighted by Crippen LogP contribution is 2.18. The minimum atomic E-state index is -3.79. The predicted molar refractivity (Wildman–Crippen MR) is 46.9 cm³/mol. The number of hydrogen-bond donors (Lipinski definition) is 3. The Kier molecular flexibility index (Phi) is 2.89. The molecule has 7 heteroatoms. The van der Waals surface area contributed by atoms with Crippen LogP contribution in [0.3, 0.4) is 0 Å². The summed E-state index contributed by atoms with van der Waals surface area (Å²) in [6.45, 7) is 1.45. The zero-order chi connectivity index (χ0) is 10.1.